The number of nitrogens with two attached hydrogens (primary N) is 1. The molecule has 6 N–H and O–H groups in total. The summed E-state index contributed by atoms with van der Waals surface area (Å²) in [5, 5.41) is 18.5. The van der Waals surface area contributed by atoms with Crippen molar-refractivity contribution in [1.82, 2.24) is 25.7 Å². The van der Waals surface area contributed by atoms with Gasteiger partial charge in [0.2, 0.25) is 5.91 Å². The highest BCUT2D eigenvalue weighted by atomic mass is 19.1. The molecular weight excluding hydrogens is 499 g/mol. The number of hydrogen-bond donors (Lipinski definition) is 5. The van der Waals surface area contributed by atoms with Crippen LogP contribution in [-0.4, -0.2) is 55.7 Å². The van der Waals surface area contributed by atoms with Gasteiger partial charge in [-0.3, -0.25) is 9.59 Å². The minimum atomic E-state index is -0.656. The van der Waals surface area contributed by atoms with E-state index in [0.717, 1.165) is 24.8 Å². The molecule has 2 amide bonds. The molecule has 3 atom stereocenters. The number of primary amides is 1. The Hall–Kier alpha value is -3.34. The van der Waals surface area contributed by atoms with Crippen molar-refractivity contribution in [3.8, 4) is 11.4 Å². The largest absolute Gasteiger partial charge is 0.366 e. The Labute approximate surface area is 227 Å². The third-order valence-electron chi connectivity index (χ3n) is 8.43. The van der Waals surface area contributed by atoms with Gasteiger partial charge in [-0.1, -0.05) is 12.1 Å². The highest BCUT2D eigenvalue weighted by Gasteiger charge is 2.54. The van der Waals surface area contributed by atoms with Crippen molar-refractivity contribution in [3.05, 3.63) is 53.3 Å². The summed E-state index contributed by atoms with van der Waals surface area (Å²) in [6.07, 6.45) is 3.29. The van der Waals surface area contributed by atoms with Crippen LogP contribution in [0, 0.1) is 11.7 Å². The SMILES string of the molecule is CC1(C)CC(C(=O)NCC2CCCC(c3ccc(-c4nc5c(C(N)=O)cccc5[nH]4)c(F)c3)N2)C(C)(C)N1O. The highest BCUT2D eigenvalue weighted by Crippen LogP contribution is 2.43. The summed E-state index contributed by atoms with van der Waals surface area (Å²) in [7, 11) is 0. The van der Waals surface area contributed by atoms with Crippen LogP contribution >= 0.6 is 0 Å². The number of fused-ring (bicyclic) bond motifs is 1. The zero-order valence-corrected chi connectivity index (χ0v) is 22.8. The fourth-order valence-corrected chi connectivity index (χ4v) is 6.27. The molecule has 10 heteroatoms. The van der Waals surface area contributed by atoms with Crippen molar-refractivity contribution in [2.45, 2.75) is 76.5 Å². The van der Waals surface area contributed by atoms with Gasteiger partial charge in [-0.25, -0.2) is 9.37 Å². The molecule has 0 saturated carbocycles. The number of rotatable bonds is 6. The first-order chi connectivity index (χ1) is 18.4. The van der Waals surface area contributed by atoms with E-state index in [1.165, 1.54) is 11.1 Å². The van der Waals surface area contributed by atoms with Crippen LogP contribution in [0.5, 0.6) is 0 Å². The Kier molecular flexibility index (Phi) is 6.98. The van der Waals surface area contributed by atoms with E-state index in [9.17, 15) is 14.8 Å². The summed E-state index contributed by atoms with van der Waals surface area (Å²) in [4.78, 5) is 32.3. The number of imidazole rings is 1. The minimum absolute atomic E-state index is 0.0453. The van der Waals surface area contributed by atoms with Crippen molar-refractivity contribution >= 4 is 22.8 Å². The number of hydrogen-bond acceptors (Lipinski definition) is 6. The molecule has 2 aromatic carbocycles. The molecular formula is C29H37FN6O3. The zero-order chi connectivity index (χ0) is 28.1. The third-order valence-corrected chi connectivity index (χ3v) is 8.43. The van der Waals surface area contributed by atoms with Gasteiger partial charge in [0.1, 0.15) is 17.2 Å². The average Bonchev–Trinajstić information content (AvgIpc) is 3.40. The lowest BCUT2D eigenvalue weighted by Gasteiger charge is -2.36. The number of hydroxylamine groups is 2. The van der Waals surface area contributed by atoms with E-state index >= 15 is 4.39 Å². The topological polar surface area (TPSA) is 136 Å². The van der Waals surface area contributed by atoms with Crippen molar-refractivity contribution < 1.29 is 19.2 Å². The maximum Gasteiger partial charge on any atom is 0.250 e. The number of carbonyl (C=O) groups excluding carboxylic acids is 2. The van der Waals surface area contributed by atoms with Crippen LogP contribution in [0.1, 0.15) is 75.3 Å². The second kappa shape index (κ2) is 10.0. The minimum Gasteiger partial charge on any atom is -0.366 e. The number of H-pyrrole nitrogens is 1. The van der Waals surface area contributed by atoms with E-state index < -0.39 is 22.8 Å². The molecule has 0 radical (unpaired) electrons. The molecule has 5 rings (SSSR count). The van der Waals surface area contributed by atoms with Crippen LogP contribution in [0.3, 0.4) is 0 Å². The van der Waals surface area contributed by atoms with E-state index in [2.05, 4.69) is 20.6 Å². The number of amides is 2. The summed E-state index contributed by atoms with van der Waals surface area (Å²) in [6, 6.07) is 10.2. The number of nitrogens with zero attached hydrogens (tertiary/aromatic N) is 2. The van der Waals surface area contributed by atoms with Gasteiger partial charge in [-0.15, -0.1) is 0 Å². The first-order valence-corrected chi connectivity index (χ1v) is 13.5. The Morgan fingerprint density at radius 1 is 1.21 bits per heavy atom. The lowest BCUT2D eigenvalue weighted by Crippen LogP contribution is -2.51. The second-order valence-electron chi connectivity index (χ2n) is 12.0. The molecule has 9 nitrogen and oxygen atoms in total. The smallest absolute Gasteiger partial charge is 0.250 e. The van der Waals surface area contributed by atoms with Crippen LogP contribution in [0.15, 0.2) is 36.4 Å². The molecule has 39 heavy (non-hydrogen) atoms. The monoisotopic (exact) mass is 536 g/mol. The molecule has 3 unspecified atom stereocenters. The van der Waals surface area contributed by atoms with Gasteiger partial charge in [0.25, 0.3) is 5.91 Å². The molecule has 1 aromatic heterocycles. The Bertz CT molecular complexity index is 1420. The Balaban J connectivity index is 1.26. The number of carbonyl (C=O) groups is 2. The molecule has 2 saturated heterocycles. The molecule has 2 aliphatic heterocycles. The summed E-state index contributed by atoms with van der Waals surface area (Å²) in [6.45, 7) is 8.12. The molecule has 2 fully saturated rings. The molecule has 3 aromatic rings. The van der Waals surface area contributed by atoms with Crippen molar-refractivity contribution in [1.29, 1.82) is 0 Å². The van der Waals surface area contributed by atoms with Gasteiger partial charge in [-0.05, 0) is 83.2 Å². The number of halogens is 1. The average molecular weight is 537 g/mol. The lowest BCUT2D eigenvalue weighted by atomic mass is 9.86. The zero-order valence-electron chi connectivity index (χ0n) is 22.8. The quantitative estimate of drug-likeness (QED) is 0.323. The fourth-order valence-electron chi connectivity index (χ4n) is 6.27. The first-order valence-electron chi connectivity index (χ1n) is 13.5. The van der Waals surface area contributed by atoms with Crippen molar-refractivity contribution in [2.24, 2.45) is 11.7 Å². The van der Waals surface area contributed by atoms with E-state index in [-0.39, 0.29) is 29.5 Å². The molecule has 2 aliphatic rings. The van der Waals surface area contributed by atoms with Gasteiger partial charge < -0.3 is 26.6 Å². The van der Waals surface area contributed by atoms with Gasteiger partial charge in [0.15, 0.2) is 0 Å². The normalized spacial score (nSPS) is 24.6. The van der Waals surface area contributed by atoms with Crippen molar-refractivity contribution in [3.63, 3.8) is 0 Å². The summed E-state index contributed by atoms with van der Waals surface area (Å²) in [5.41, 5.74) is 6.78. The van der Waals surface area contributed by atoms with E-state index in [0.29, 0.717) is 35.4 Å². The maximum atomic E-state index is 15.3. The van der Waals surface area contributed by atoms with Crippen LogP contribution in [-0.2, 0) is 4.79 Å². The Morgan fingerprint density at radius 3 is 2.64 bits per heavy atom. The summed E-state index contributed by atoms with van der Waals surface area (Å²) < 4.78 is 15.3. The molecule has 208 valence electrons. The van der Waals surface area contributed by atoms with Crippen LogP contribution < -0.4 is 16.4 Å². The number of para-hydroxylation sites is 1. The van der Waals surface area contributed by atoms with Gasteiger partial charge in [0.05, 0.1) is 28.1 Å². The highest BCUT2D eigenvalue weighted by molar-refractivity contribution is 6.04. The molecule has 0 bridgehead atoms. The van der Waals surface area contributed by atoms with Gasteiger partial charge >= 0.3 is 0 Å². The maximum absolute atomic E-state index is 15.3. The van der Waals surface area contributed by atoms with E-state index in [1.807, 2.05) is 33.8 Å². The van der Waals surface area contributed by atoms with Crippen LogP contribution in [0.4, 0.5) is 4.39 Å². The molecule has 0 spiro atoms. The van der Waals surface area contributed by atoms with Gasteiger partial charge in [0, 0.05) is 24.2 Å². The summed E-state index contributed by atoms with van der Waals surface area (Å²) in [5.74, 6) is -1.05. The number of piperidine rings is 1. The number of nitrogens with one attached hydrogen (secondary N) is 3. The van der Waals surface area contributed by atoms with E-state index in [1.54, 1.807) is 24.3 Å². The summed E-state index contributed by atoms with van der Waals surface area (Å²) >= 11 is 0. The van der Waals surface area contributed by atoms with Gasteiger partial charge in [-0.2, -0.15) is 5.06 Å². The fraction of sp³-hybridized carbons (Fsp3) is 0.483. The van der Waals surface area contributed by atoms with Crippen LogP contribution in [0.2, 0.25) is 0 Å². The molecule has 3 heterocycles. The van der Waals surface area contributed by atoms with Crippen molar-refractivity contribution in [2.75, 3.05) is 6.54 Å². The lowest BCUT2D eigenvalue weighted by molar-refractivity contribution is -0.197. The Morgan fingerprint density at radius 2 is 1.97 bits per heavy atom. The third kappa shape index (κ3) is 5.04. The number of aromatic amines is 1. The molecule has 0 aliphatic carbocycles. The van der Waals surface area contributed by atoms with Crippen LogP contribution in [0.25, 0.3) is 22.4 Å². The van der Waals surface area contributed by atoms with E-state index in [4.69, 9.17) is 5.73 Å². The number of aromatic nitrogens is 2. The predicted molar refractivity (Wildman–Crippen MR) is 146 cm³/mol. The predicted octanol–water partition coefficient (Wildman–Crippen LogP) is 4.04. The standard InChI is InChI=1S/C29H37FN6O3/c1-28(2)14-20(29(3,4)36(28)39)27(38)32-15-17-7-5-9-22(33-17)16-11-12-18(21(30)13-16)26-34-23-10-6-8-19(25(31)37)24(23)35-26/h6,8,10-13,17,20,22,33,39H,5,7,9,14-15H2,1-4H3,(H2,31,37)(H,32,38)(H,34,35). The first kappa shape index (κ1) is 27.2. The second-order valence-corrected chi connectivity index (χ2v) is 12.0. The number of benzene rings is 2.